The van der Waals surface area contributed by atoms with Gasteiger partial charge in [0, 0.05) is 41.7 Å². The van der Waals surface area contributed by atoms with Gasteiger partial charge >= 0.3 is 0 Å². The number of carbonyl (C=O) groups excluding carboxylic acids is 2. The van der Waals surface area contributed by atoms with E-state index in [0.29, 0.717) is 23.5 Å². The van der Waals surface area contributed by atoms with Gasteiger partial charge in [0.05, 0.1) is 24.8 Å². The second-order valence-electron chi connectivity index (χ2n) is 11.3. The first-order valence-electron chi connectivity index (χ1n) is 13.7. The van der Waals surface area contributed by atoms with Crippen molar-refractivity contribution in [3.05, 3.63) is 75.5 Å². The first-order chi connectivity index (χ1) is 20.6. The molecule has 14 heteroatoms. The number of nitrogens with zero attached hydrogens (tertiary/aromatic N) is 3. The number of alkyl halides is 2. The van der Waals surface area contributed by atoms with Crippen LogP contribution in [0, 0.1) is 5.82 Å². The Labute approximate surface area is 258 Å². The Morgan fingerprint density at radius 3 is 2.48 bits per heavy atom. The Kier molecular flexibility index (Phi) is 9.76. The second kappa shape index (κ2) is 13.0. The number of aromatic nitrogens is 2. The smallest absolute Gasteiger partial charge is 0.282 e. The zero-order valence-electron chi connectivity index (χ0n) is 25.4. The molecule has 44 heavy (non-hydrogen) atoms. The van der Waals surface area contributed by atoms with Crippen LogP contribution in [0.15, 0.2) is 47.4 Å². The first kappa shape index (κ1) is 33.0. The highest BCUT2D eigenvalue weighted by Gasteiger charge is 2.46. The summed E-state index contributed by atoms with van der Waals surface area (Å²) < 4.78 is 53.8. The summed E-state index contributed by atoms with van der Waals surface area (Å²) in [5.74, 6) is -4.52. The SMILES string of the molecule is COS(C)(C)CNCc1cc(C(=O)Nc2cc(-c3ccc(F)cc3C(=O)N3CC(F)(F)C3)cc(OC(C)C)n2)c(=O)n(C)c1.[HH].[HH]. The van der Waals surface area contributed by atoms with Crippen molar-refractivity contribution in [2.75, 3.05) is 43.9 Å². The standard InChI is InChI=1S/C30H36F3N5O5S.2H2/c1-18(2)43-26-11-20(22-8-7-21(31)12-23(22)29(41)38-15-30(32,33)16-38)10-25(35-26)36-27(39)24-9-19(14-37(3)28(24)40)13-34-17-44(5,6)42-4;;/h7-12,14,18,34H,13,15-17H2,1-6H3,(H,35,36,39);2*1H. The van der Waals surface area contributed by atoms with Crippen LogP contribution < -0.4 is 20.9 Å². The fourth-order valence-electron chi connectivity index (χ4n) is 4.52. The minimum Gasteiger partial charge on any atom is -0.475 e. The fourth-order valence-corrected chi connectivity index (χ4v) is 5.23. The number of hydrogen-bond donors (Lipinski definition) is 2. The highest BCUT2D eigenvalue weighted by Crippen LogP contribution is 2.38. The molecule has 0 spiro atoms. The molecule has 1 aliphatic rings. The number of nitrogens with one attached hydrogen (secondary N) is 2. The number of amides is 2. The van der Waals surface area contributed by atoms with Gasteiger partial charge in [-0.1, -0.05) is 6.07 Å². The number of hydrogen-bond acceptors (Lipinski definition) is 7. The number of carbonyl (C=O) groups is 2. The molecule has 242 valence electrons. The molecule has 1 aromatic carbocycles. The minimum absolute atomic E-state index is 0. The van der Waals surface area contributed by atoms with Gasteiger partial charge in [0.1, 0.15) is 17.2 Å². The normalized spacial score (nSPS) is 14.7. The molecule has 2 aromatic heterocycles. The number of benzene rings is 1. The summed E-state index contributed by atoms with van der Waals surface area (Å²) in [6, 6.07) is 7.89. The zero-order valence-corrected chi connectivity index (χ0v) is 26.2. The van der Waals surface area contributed by atoms with Gasteiger partial charge in [-0.2, -0.15) is 4.98 Å². The average molecular weight is 640 g/mol. The van der Waals surface area contributed by atoms with Crippen LogP contribution in [0.1, 0.15) is 43.0 Å². The molecule has 0 unspecified atom stereocenters. The molecule has 0 aliphatic carbocycles. The van der Waals surface area contributed by atoms with E-state index in [1.807, 2.05) is 12.5 Å². The zero-order chi connectivity index (χ0) is 32.4. The Hall–Kier alpha value is -3.88. The summed E-state index contributed by atoms with van der Waals surface area (Å²) in [7, 11) is 1.90. The maximum absolute atomic E-state index is 14.3. The summed E-state index contributed by atoms with van der Waals surface area (Å²) >= 11 is 0. The van der Waals surface area contributed by atoms with E-state index in [2.05, 4.69) is 15.6 Å². The first-order valence-corrected chi connectivity index (χ1v) is 16.3. The molecule has 2 amide bonds. The topological polar surface area (TPSA) is 115 Å². The number of likely N-dealkylation sites (tertiary alicyclic amines) is 1. The molecule has 1 aliphatic heterocycles. The van der Waals surface area contributed by atoms with E-state index >= 15 is 0 Å². The van der Waals surface area contributed by atoms with Crippen LogP contribution >= 0.6 is 10.3 Å². The van der Waals surface area contributed by atoms with Crippen molar-refractivity contribution < 1.29 is 34.5 Å². The molecule has 0 bridgehead atoms. The third-order valence-electron chi connectivity index (χ3n) is 6.77. The van der Waals surface area contributed by atoms with Crippen molar-refractivity contribution >= 4 is 27.9 Å². The Morgan fingerprint density at radius 2 is 1.84 bits per heavy atom. The van der Waals surface area contributed by atoms with Crippen molar-refractivity contribution in [2.24, 2.45) is 7.05 Å². The molecule has 0 radical (unpaired) electrons. The van der Waals surface area contributed by atoms with E-state index in [-0.39, 0.29) is 37.3 Å². The van der Waals surface area contributed by atoms with E-state index in [9.17, 15) is 27.6 Å². The second-order valence-corrected chi connectivity index (χ2v) is 14.8. The maximum atomic E-state index is 14.3. The van der Waals surface area contributed by atoms with E-state index in [0.717, 1.165) is 17.0 Å². The lowest BCUT2D eigenvalue weighted by atomic mass is 9.97. The summed E-state index contributed by atoms with van der Waals surface area (Å²) in [6.45, 7) is 2.38. The fraction of sp³-hybridized carbons (Fsp3) is 0.400. The minimum atomic E-state index is -3.00. The molecule has 0 saturated carbocycles. The van der Waals surface area contributed by atoms with Gasteiger partial charge in [-0.25, -0.2) is 13.2 Å². The Balaban J connectivity index is 0.00000368. The van der Waals surface area contributed by atoms with Gasteiger partial charge in [-0.3, -0.25) is 14.4 Å². The van der Waals surface area contributed by atoms with Gasteiger partial charge in [-0.05, 0) is 67.3 Å². The molecule has 1 saturated heterocycles. The molecule has 3 aromatic rings. The molecule has 1 fully saturated rings. The van der Waals surface area contributed by atoms with Crippen molar-refractivity contribution in [1.29, 1.82) is 0 Å². The van der Waals surface area contributed by atoms with Crippen LogP contribution in [0.25, 0.3) is 11.1 Å². The summed E-state index contributed by atoms with van der Waals surface area (Å²) in [5, 5.41) is 5.92. The quantitative estimate of drug-likeness (QED) is 0.307. The molecule has 10 nitrogen and oxygen atoms in total. The van der Waals surface area contributed by atoms with Crippen LogP contribution in [-0.2, 0) is 17.8 Å². The van der Waals surface area contributed by atoms with Crippen LogP contribution in [-0.4, -0.2) is 76.9 Å². The van der Waals surface area contributed by atoms with Gasteiger partial charge < -0.3 is 29.0 Å². The molecule has 2 N–H and O–H groups in total. The maximum Gasteiger partial charge on any atom is 0.282 e. The predicted octanol–water partition coefficient (Wildman–Crippen LogP) is 4.88. The highest BCUT2D eigenvalue weighted by atomic mass is 32.3. The summed E-state index contributed by atoms with van der Waals surface area (Å²) in [4.78, 5) is 44.7. The van der Waals surface area contributed by atoms with Crippen molar-refractivity contribution in [2.45, 2.75) is 32.4 Å². The molecule has 3 heterocycles. The van der Waals surface area contributed by atoms with Gasteiger partial charge in [-0.15, -0.1) is 10.3 Å². The number of rotatable bonds is 11. The molecular formula is C30H40F3N5O5S. The monoisotopic (exact) mass is 639 g/mol. The Bertz CT molecular complexity index is 1630. The largest absolute Gasteiger partial charge is 0.475 e. The van der Waals surface area contributed by atoms with E-state index in [1.165, 1.54) is 28.8 Å². The third kappa shape index (κ3) is 7.98. The van der Waals surface area contributed by atoms with Crippen LogP contribution in [0.2, 0.25) is 0 Å². The van der Waals surface area contributed by atoms with E-state index in [4.69, 9.17) is 8.92 Å². The van der Waals surface area contributed by atoms with Crippen molar-refractivity contribution in [3.63, 3.8) is 0 Å². The summed E-state index contributed by atoms with van der Waals surface area (Å²) in [5.41, 5.74) is 0.452. The lowest BCUT2D eigenvalue weighted by Crippen LogP contribution is -2.58. The molecule has 4 rings (SSSR count). The van der Waals surface area contributed by atoms with Crippen LogP contribution in [0.4, 0.5) is 19.0 Å². The van der Waals surface area contributed by atoms with E-state index in [1.54, 1.807) is 34.2 Å². The highest BCUT2D eigenvalue weighted by molar-refractivity contribution is 8.28. The van der Waals surface area contributed by atoms with Gasteiger partial charge in [0.25, 0.3) is 23.3 Å². The molecular weight excluding hydrogens is 599 g/mol. The van der Waals surface area contributed by atoms with Crippen molar-refractivity contribution in [3.8, 4) is 17.0 Å². The van der Waals surface area contributed by atoms with Crippen molar-refractivity contribution in [1.82, 2.24) is 19.8 Å². The average Bonchev–Trinajstić information content (AvgIpc) is 2.92. The van der Waals surface area contributed by atoms with Gasteiger partial charge in [0.2, 0.25) is 5.88 Å². The number of anilines is 1. The lowest BCUT2D eigenvalue weighted by Gasteiger charge is -2.39. The lowest BCUT2D eigenvalue weighted by molar-refractivity contribution is -0.113. The third-order valence-corrected chi connectivity index (χ3v) is 8.57. The van der Waals surface area contributed by atoms with Crippen LogP contribution in [0.5, 0.6) is 5.88 Å². The predicted molar refractivity (Wildman–Crippen MR) is 168 cm³/mol. The number of aryl methyl sites for hydroxylation is 1. The van der Waals surface area contributed by atoms with E-state index < -0.39 is 52.5 Å². The van der Waals surface area contributed by atoms with Crippen LogP contribution in [0.3, 0.4) is 0 Å². The Morgan fingerprint density at radius 1 is 1.14 bits per heavy atom. The number of halogens is 3. The number of ether oxygens (including phenoxy) is 1. The number of pyridine rings is 2. The molecule has 0 atom stereocenters. The summed E-state index contributed by atoms with van der Waals surface area (Å²) in [6.07, 6.45) is 5.33. The van der Waals surface area contributed by atoms with Gasteiger partial charge in [0.15, 0.2) is 0 Å².